The molecular weight excluding hydrogens is 354 g/mol. The van der Waals surface area contributed by atoms with E-state index in [4.69, 9.17) is 4.74 Å². The number of anilines is 1. The van der Waals surface area contributed by atoms with E-state index in [-0.39, 0.29) is 12.0 Å². The van der Waals surface area contributed by atoms with E-state index in [1.165, 1.54) is 11.3 Å². The number of nitrogens with zero attached hydrogens (tertiary/aromatic N) is 4. The number of likely N-dealkylation sites (tertiary alicyclic amines) is 1. The van der Waals surface area contributed by atoms with Gasteiger partial charge in [-0.3, -0.25) is 4.79 Å². The maximum Gasteiger partial charge on any atom is 0.410 e. The standard InChI is InChI=1S/C17H27N5O3S/c1-12-13(26-15(18-2)19-12)14(23)21-7-5-17(6-8-21)11-22(16(24)25-17)10-9-20(3)4/h5-11H2,1-4H3,(H,18,19). The van der Waals surface area contributed by atoms with Crippen molar-refractivity contribution in [3.63, 3.8) is 0 Å². The first kappa shape index (κ1) is 18.9. The summed E-state index contributed by atoms with van der Waals surface area (Å²) >= 11 is 1.38. The van der Waals surface area contributed by atoms with Gasteiger partial charge in [0.15, 0.2) is 5.13 Å². The average Bonchev–Trinajstić information content (AvgIpc) is 3.13. The van der Waals surface area contributed by atoms with Crippen LogP contribution in [0.2, 0.25) is 0 Å². The first-order valence-corrected chi connectivity index (χ1v) is 9.72. The highest BCUT2D eigenvalue weighted by atomic mass is 32.1. The smallest absolute Gasteiger partial charge is 0.410 e. The van der Waals surface area contributed by atoms with E-state index in [2.05, 4.69) is 15.2 Å². The molecule has 2 aliphatic heterocycles. The fourth-order valence-corrected chi connectivity index (χ4v) is 4.30. The van der Waals surface area contributed by atoms with Crippen molar-refractivity contribution >= 4 is 28.5 Å². The molecule has 0 saturated carbocycles. The van der Waals surface area contributed by atoms with Crippen LogP contribution in [0.25, 0.3) is 0 Å². The number of nitrogens with one attached hydrogen (secondary N) is 1. The number of amides is 2. The van der Waals surface area contributed by atoms with Gasteiger partial charge in [-0.15, -0.1) is 0 Å². The van der Waals surface area contributed by atoms with Crippen molar-refractivity contribution in [1.82, 2.24) is 19.7 Å². The summed E-state index contributed by atoms with van der Waals surface area (Å²) in [6.07, 6.45) is 1.13. The van der Waals surface area contributed by atoms with Crippen LogP contribution in [0.4, 0.5) is 9.93 Å². The molecule has 3 heterocycles. The number of hydrogen-bond donors (Lipinski definition) is 1. The summed E-state index contributed by atoms with van der Waals surface area (Å²) in [5, 5.41) is 3.74. The molecular formula is C17H27N5O3S. The van der Waals surface area contributed by atoms with E-state index in [9.17, 15) is 9.59 Å². The Labute approximate surface area is 158 Å². The maximum atomic E-state index is 12.8. The first-order chi connectivity index (χ1) is 12.3. The van der Waals surface area contributed by atoms with Crippen LogP contribution in [-0.4, -0.2) is 91.2 Å². The molecule has 0 aliphatic carbocycles. The second kappa shape index (κ2) is 7.40. The lowest BCUT2D eigenvalue weighted by atomic mass is 9.91. The third kappa shape index (κ3) is 3.78. The zero-order chi connectivity index (χ0) is 18.9. The minimum absolute atomic E-state index is 0.0186. The van der Waals surface area contributed by atoms with Gasteiger partial charge in [0.2, 0.25) is 0 Å². The summed E-state index contributed by atoms with van der Waals surface area (Å²) in [5.74, 6) is 0.0186. The maximum absolute atomic E-state index is 12.8. The van der Waals surface area contributed by atoms with Crippen molar-refractivity contribution in [2.75, 3.05) is 59.2 Å². The van der Waals surface area contributed by atoms with E-state index >= 15 is 0 Å². The minimum Gasteiger partial charge on any atom is -0.441 e. The van der Waals surface area contributed by atoms with Crippen LogP contribution in [0.1, 0.15) is 28.2 Å². The zero-order valence-corrected chi connectivity index (χ0v) is 16.7. The van der Waals surface area contributed by atoms with E-state index in [0.717, 1.165) is 17.4 Å². The summed E-state index contributed by atoms with van der Waals surface area (Å²) in [7, 11) is 5.78. The lowest BCUT2D eigenvalue weighted by molar-refractivity contribution is 0.00325. The van der Waals surface area contributed by atoms with Crippen LogP contribution in [0, 0.1) is 6.92 Å². The predicted octanol–water partition coefficient (Wildman–Crippen LogP) is 1.48. The molecule has 0 unspecified atom stereocenters. The summed E-state index contributed by atoms with van der Waals surface area (Å²) in [5.41, 5.74) is 0.311. The lowest BCUT2D eigenvalue weighted by Gasteiger charge is -2.37. The molecule has 0 bridgehead atoms. The molecule has 9 heteroatoms. The molecule has 0 atom stereocenters. The highest BCUT2D eigenvalue weighted by Crippen LogP contribution is 2.34. The number of aryl methyl sites for hydroxylation is 1. The second-order valence-corrected chi connectivity index (χ2v) is 8.25. The molecule has 2 fully saturated rings. The van der Waals surface area contributed by atoms with Crippen LogP contribution < -0.4 is 5.32 Å². The number of piperidine rings is 1. The van der Waals surface area contributed by atoms with Crippen molar-refractivity contribution in [3.8, 4) is 0 Å². The number of carbonyl (C=O) groups excluding carboxylic acids is 2. The van der Waals surface area contributed by atoms with E-state index in [1.807, 2.05) is 25.9 Å². The van der Waals surface area contributed by atoms with Gasteiger partial charge in [-0.2, -0.15) is 0 Å². The summed E-state index contributed by atoms with van der Waals surface area (Å²) in [6.45, 7) is 5.15. The highest BCUT2D eigenvalue weighted by molar-refractivity contribution is 7.17. The van der Waals surface area contributed by atoms with Crippen LogP contribution in [0.3, 0.4) is 0 Å². The average molecular weight is 382 g/mol. The van der Waals surface area contributed by atoms with Crippen LogP contribution in [0.15, 0.2) is 0 Å². The number of carbonyl (C=O) groups is 2. The Morgan fingerprint density at radius 3 is 2.65 bits per heavy atom. The van der Waals surface area contributed by atoms with Crippen LogP contribution in [0.5, 0.6) is 0 Å². The Morgan fingerprint density at radius 2 is 2.08 bits per heavy atom. The molecule has 2 saturated heterocycles. The highest BCUT2D eigenvalue weighted by Gasteiger charge is 2.47. The Morgan fingerprint density at radius 1 is 1.38 bits per heavy atom. The number of hydrogen-bond acceptors (Lipinski definition) is 7. The summed E-state index contributed by atoms with van der Waals surface area (Å²) in [4.78, 5) is 35.7. The Balaban J connectivity index is 1.59. The van der Waals surface area contributed by atoms with Gasteiger partial charge < -0.3 is 24.8 Å². The van der Waals surface area contributed by atoms with Gasteiger partial charge in [0.1, 0.15) is 10.5 Å². The summed E-state index contributed by atoms with van der Waals surface area (Å²) in [6, 6.07) is 0. The molecule has 0 radical (unpaired) electrons. The van der Waals surface area contributed by atoms with Gasteiger partial charge >= 0.3 is 6.09 Å². The van der Waals surface area contributed by atoms with Gasteiger partial charge in [-0.1, -0.05) is 11.3 Å². The fraction of sp³-hybridized carbons (Fsp3) is 0.706. The van der Waals surface area contributed by atoms with Gasteiger partial charge in [-0.05, 0) is 21.0 Å². The SMILES string of the molecule is CNc1nc(C)c(C(=O)N2CCC3(CC2)CN(CCN(C)C)C(=O)O3)s1. The van der Waals surface area contributed by atoms with Gasteiger partial charge in [0.05, 0.1) is 12.2 Å². The number of thiazole rings is 1. The molecule has 2 aliphatic rings. The number of rotatable bonds is 5. The third-order valence-corrected chi connectivity index (χ3v) is 6.19. The Hall–Kier alpha value is -1.87. The van der Waals surface area contributed by atoms with Gasteiger partial charge in [0, 0.05) is 46.1 Å². The quantitative estimate of drug-likeness (QED) is 0.832. The molecule has 144 valence electrons. The largest absolute Gasteiger partial charge is 0.441 e. The third-order valence-electron chi connectivity index (χ3n) is 5.02. The van der Waals surface area contributed by atoms with E-state index in [1.54, 1.807) is 11.9 Å². The van der Waals surface area contributed by atoms with Crippen molar-refractivity contribution in [3.05, 3.63) is 10.6 Å². The number of aromatic nitrogens is 1. The van der Waals surface area contributed by atoms with Gasteiger partial charge in [0.25, 0.3) is 5.91 Å². The van der Waals surface area contributed by atoms with Crippen molar-refractivity contribution in [1.29, 1.82) is 0 Å². The zero-order valence-electron chi connectivity index (χ0n) is 15.9. The number of ether oxygens (including phenoxy) is 1. The predicted molar refractivity (Wildman–Crippen MR) is 101 cm³/mol. The molecule has 26 heavy (non-hydrogen) atoms. The van der Waals surface area contributed by atoms with Crippen LogP contribution >= 0.6 is 11.3 Å². The molecule has 1 aromatic rings. The normalized spacial score (nSPS) is 19.3. The fourth-order valence-electron chi connectivity index (χ4n) is 3.41. The van der Waals surface area contributed by atoms with E-state index in [0.29, 0.717) is 43.9 Å². The Kier molecular flexibility index (Phi) is 5.38. The number of likely N-dealkylation sites (N-methyl/N-ethyl adjacent to an activating group) is 1. The van der Waals surface area contributed by atoms with Crippen molar-refractivity contribution in [2.45, 2.75) is 25.4 Å². The van der Waals surface area contributed by atoms with Crippen molar-refractivity contribution < 1.29 is 14.3 Å². The monoisotopic (exact) mass is 381 g/mol. The van der Waals surface area contributed by atoms with Crippen molar-refractivity contribution in [2.24, 2.45) is 0 Å². The van der Waals surface area contributed by atoms with Crippen LogP contribution in [-0.2, 0) is 4.74 Å². The second-order valence-electron chi connectivity index (χ2n) is 7.25. The molecule has 1 spiro atoms. The molecule has 1 aromatic heterocycles. The molecule has 2 amide bonds. The minimum atomic E-state index is -0.445. The molecule has 3 rings (SSSR count). The Bertz CT molecular complexity index is 682. The molecule has 1 N–H and O–H groups in total. The molecule has 0 aromatic carbocycles. The topological polar surface area (TPSA) is 78.0 Å². The first-order valence-electron chi connectivity index (χ1n) is 8.91. The summed E-state index contributed by atoms with van der Waals surface area (Å²) < 4.78 is 5.72. The molecule has 8 nitrogen and oxygen atoms in total. The van der Waals surface area contributed by atoms with E-state index < -0.39 is 5.60 Å². The van der Waals surface area contributed by atoms with Gasteiger partial charge in [-0.25, -0.2) is 9.78 Å². The lowest BCUT2D eigenvalue weighted by Crippen LogP contribution is -2.49.